The number of fused-ring (bicyclic) bond motifs is 4. The highest BCUT2D eigenvalue weighted by Crippen LogP contribution is 2.42. The van der Waals surface area contributed by atoms with E-state index in [9.17, 15) is 5.11 Å². The van der Waals surface area contributed by atoms with E-state index in [0.29, 0.717) is 11.8 Å². The topological polar surface area (TPSA) is 32.7 Å². The van der Waals surface area contributed by atoms with Crippen molar-refractivity contribution in [3.8, 4) is 5.75 Å². The van der Waals surface area contributed by atoms with Crippen LogP contribution in [0.4, 0.5) is 0 Å². The average Bonchev–Trinajstić information content (AvgIpc) is 2.66. The molecule has 3 fully saturated rings. The first-order valence-electron chi connectivity index (χ1n) is 8.82. The molecule has 3 heterocycles. The predicted molar refractivity (Wildman–Crippen MR) is 97.2 cm³/mol. The first kappa shape index (κ1) is 15.7. The van der Waals surface area contributed by atoms with Crippen molar-refractivity contribution in [2.24, 2.45) is 11.8 Å². The van der Waals surface area contributed by atoms with Gasteiger partial charge in [-0.2, -0.15) is 0 Å². The third-order valence-electron chi connectivity index (χ3n) is 5.96. The van der Waals surface area contributed by atoms with Gasteiger partial charge in [0.2, 0.25) is 0 Å². The number of nitrogens with zero attached hydrogens (tertiary/aromatic N) is 1. The highest BCUT2D eigenvalue weighted by Gasteiger charge is 2.42. The average molecular weight is 323 g/mol. The Morgan fingerprint density at radius 1 is 1.33 bits per heavy atom. The van der Waals surface area contributed by atoms with E-state index in [2.05, 4.69) is 35.8 Å². The van der Waals surface area contributed by atoms with Crippen molar-refractivity contribution < 1.29 is 9.84 Å². The Bertz CT molecular complexity index is 757. The molecule has 3 aliphatic heterocycles. The van der Waals surface area contributed by atoms with Gasteiger partial charge in [0, 0.05) is 12.6 Å². The summed E-state index contributed by atoms with van der Waals surface area (Å²) in [6.45, 7) is 6.11. The van der Waals surface area contributed by atoms with Crippen molar-refractivity contribution >= 4 is 10.8 Å². The molecule has 24 heavy (non-hydrogen) atoms. The fraction of sp³-hybridized carbons (Fsp3) is 0.429. The van der Waals surface area contributed by atoms with Gasteiger partial charge in [-0.15, -0.1) is 6.58 Å². The van der Waals surface area contributed by atoms with Crippen LogP contribution in [0.2, 0.25) is 0 Å². The highest BCUT2D eigenvalue weighted by molar-refractivity contribution is 5.87. The lowest BCUT2D eigenvalue weighted by Gasteiger charge is -2.50. The molecule has 0 aromatic heterocycles. The highest BCUT2D eigenvalue weighted by atomic mass is 16.5. The number of benzene rings is 2. The lowest BCUT2D eigenvalue weighted by Crippen LogP contribution is -2.54. The Kier molecular flexibility index (Phi) is 4.07. The maximum Gasteiger partial charge on any atom is 0.119 e. The summed E-state index contributed by atoms with van der Waals surface area (Å²) in [6.07, 6.45) is 3.92. The lowest BCUT2D eigenvalue weighted by molar-refractivity contribution is -0.0444. The number of aliphatic hydroxyl groups excluding tert-OH is 1. The molecule has 3 heteroatoms. The van der Waals surface area contributed by atoms with Crippen LogP contribution in [-0.4, -0.2) is 36.2 Å². The van der Waals surface area contributed by atoms with E-state index < -0.39 is 6.10 Å². The molecule has 1 N–H and O–H groups in total. The first-order valence-corrected chi connectivity index (χ1v) is 8.82. The number of piperidine rings is 3. The van der Waals surface area contributed by atoms with Crippen LogP contribution in [0.25, 0.3) is 10.8 Å². The summed E-state index contributed by atoms with van der Waals surface area (Å²) in [5.41, 5.74) is 1.01. The molecule has 0 aliphatic carbocycles. The molecule has 2 aromatic carbocycles. The van der Waals surface area contributed by atoms with Crippen LogP contribution in [0.1, 0.15) is 24.5 Å². The summed E-state index contributed by atoms with van der Waals surface area (Å²) >= 11 is 0. The second-order valence-corrected chi connectivity index (χ2v) is 7.13. The van der Waals surface area contributed by atoms with E-state index in [4.69, 9.17) is 4.74 Å². The van der Waals surface area contributed by atoms with Gasteiger partial charge in [-0.3, -0.25) is 4.90 Å². The number of rotatable bonds is 4. The number of methoxy groups -OCH3 is 1. The Morgan fingerprint density at radius 3 is 2.92 bits per heavy atom. The molecular formula is C21H25NO2. The molecule has 5 atom stereocenters. The zero-order chi connectivity index (χ0) is 16.7. The zero-order valence-electron chi connectivity index (χ0n) is 14.2. The van der Waals surface area contributed by atoms with Crippen LogP contribution >= 0.6 is 0 Å². The molecule has 0 saturated carbocycles. The summed E-state index contributed by atoms with van der Waals surface area (Å²) in [4.78, 5) is 2.45. The van der Waals surface area contributed by atoms with Crippen molar-refractivity contribution in [2.45, 2.75) is 25.0 Å². The van der Waals surface area contributed by atoms with Gasteiger partial charge in [-0.1, -0.05) is 30.3 Å². The number of hydrogen-bond donors (Lipinski definition) is 1. The normalized spacial score (nSPS) is 30.2. The smallest absolute Gasteiger partial charge is 0.119 e. The number of hydrogen-bond acceptors (Lipinski definition) is 3. The second-order valence-electron chi connectivity index (χ2n) is 7.13. The Morgan fingerprint density at radius 2 is 2.21 bits per heavy atom. The van der Waals surface area contributed by atoms with E-state index in [1.807, 2.05) is 18.2 Å². The molecule has 3 nitrogen and oxygen atoms in total. The minimum Gasteiger partial charge on any atom is -0.497 e. The van der Waals surface area contributed by atoms with E-state index in [1.54, 1.807) is 7.11 Å². The van der Waals surface area contributed by atoms with Crippen molar-refractivity contribution in [3.05, 3.63) is 54.6 Å². The van der Waals surface area contributed by atoms with Crippen molar-refractivity contribution in [2.75, 3.05) is 20.2 Å². The van der Waals surface area contributed by atoms with E-state index >= 15 is 0 Å². The van der Waals surface area contributed by atoms with Gasteiger partial charge < -0.3 is 9.84 Å². The van der Waals surface area contributed by atoms with Gasteiger partial charge in [-0.05, 0) is 59.7 Å². The van der Waals surface area contributed by atoms with Gasteiger partial charge >= 0.3 is 0 Å². The summed E-state index contributed by atoms with van der Waals surface area (Å²) < 4.78 is 5.38. The van der Waals surface area contributed by atoms with Crippen molar-refractivity contribution in [3.63, 3.8) is 0 Å². The summed E-state index contributed by atoms with van der Waals surface area (Å²) in [7, 11) is 1.68. The third-order valence-corrected chi connectivity index (χ3v) is 5.96. The molecule has 2 aromatic rings. The van der Waals surface area contributed by atoms with Crippen LogP contribution in [0.15, 0.2) is 49.1 Å². The molecule has 2 bridgehead atoms. The van der Waals surface area contributed by atoms with E-state index in [-0.39, 0.29) is 6.04 Å². The Hall–Kier alpha value is -1.84. The molecule has 126 valence electrons. The van der Waals surface area contributed by atoms with Gasteiger partial charge in [-0.25, -0.2) is 0 Å². The van der Waals surface area contributed by atoms with Crippen LogP contribution in [-0.2, 0) is 0 Å². The third kappa shape index (κ3) is 2.52. The van der Waals surface area contributed by atoms with E-state index in [1.165, 1.54) is 6.42 Å². The van der Waals surface area contributed by atoms with Gasteiger partial charge in [0.1, 0.15) is 5.75 Å². The molecular weight excluding hydrogens is 298 g/mol. The maximum absolute atomic E-state index is 11.2. The molecule has 4 unspecified atom stereocenters. The fourth-order valence-electron chi connectivity index (χ4n) is 4.57. The summed E-state index contributed by atoms with van der Waals surface area (Å²) in [5, 5.41) is 13.4. The number of ether oxygens (including phenoxy) is 1. The summed E-state index contributed by atoms with van der Waals surface area (Å²) in [5.74, 6) is 2.07. The van der Waals surface area contributed by atoms with Gasteiger partial charge in [0.15, 0.2) is 0 Å². The zero-order valence-corrected chi connectivity index (χ0v) is 14.2. The fourth-order valence-corrected chi connectivity index (χ4v) is 4.57. The quantitative estimate of drug-likeness (QED) is 0.869. The Balaban J connectivity index is 1.69. The molecule has 0 spiro atoms. The minimum atomic E-state index is -0.464. The first-order chi connectivity index (χ1) is 11.7. The van der Waals surface area contributed by atoms with Crippen molar-refractivity contribution in [1.82, 2.24) is 4.90 Å². The van der Waals surface area contributed by atoms with Crippen LogP contribution in [0.5, 0.6) is 5.75 Å². The minimum absolute atomic E-state index is 0.205. The predicted octanol–water partition coefficient (Wildman–Crippen LogP) is 3.78. The molecule has 3 saturated heterocycles. The van der Waals surface area contributed by atoms with Gasteiger partial charge in [0.25, 0.3) is 0 Å². The monoisotopic (exact) mass is 323 g/mol. The largest absolute Gasteiger partial charge is 0.497 e. The molecule has 0 radical (unpaired) electrons. The Labute approximate surface area is 143 Å². The molecule has 0 amide bonds. The second kappa shape index (κ2) is 6.23. The summed E-state index contributed by atoms with van der Waals surface area (Å²) in [6, 6.07) is 12.5. The van der Waals surface area contributed by atoms with Crippen LogP contribution in [0.3, 0.4) is 0 Å². The van der Waals surface area contributed by atoms with Gasteiger partial charge in [0.05, 0.1) is 13.2 Å². The maximum atomic E-state index is 11.2. The molecule has 5 rings (SSSR count). The van der Waals surface area contributed by atoms with Crippen LogP contribution < -0.4 is 4.74 Å². The van der Waals surface area contributed by atoms with Crippen LogP contribution in [0, 0.1) is 11.8 Å². The lowest BCUT2D eigenvalue weighted by atomic mass is 9.73. The number of aliphatic hydroxyl groups is 1. The van der Waals surface area contributed by atoms with E-state index in [0.717, 1.165) is 41.6 Å². The SMILES string of the molecule is C=CC1CN2CCC1CC2[C@H](O)c1cccc2ccc(OC)cc12. The standard InChI is InChI=1S/C21H25NO2/c1-3-14-13-22-10-9-16(14)11-20(22)21(23)18-6-4-5-15-7-8-17(24-2)12-19(15)18/h3-8,12,14,16,20-21,23H,1,9-11,13H2,2H3/t14?,16?,20?,21-/m1/s1. The van der Waals surface area contributed by atoms with Crippen molar-refractivity contribution in [1.29, 1.82) is 0 Å². The molecule has 3 aliphatic rings.